The zero-order valence-electron chi connectivity index (χ0n) is 14.8. The summed E-state index contributed by atoms with van der Waals surface area (Å²) in [6, 6.07) is 0. The molecule has 0 aromatic heterocycles. The Morgan fingerprint density at radius 2 is 1.81 bits per heavy atom. The van der Waals surface area contributed by atoms with Gasteiger partial charge >= 0.3 is 0 Å². The highest BCUT2D eigenvalue weighted by Crippen LogP contribution is 2.40. The number of hydrogen-bond donors (Lipinski definition) is 1. The molecule has 2 nitrogen and oxygen atoms in total. The van der Waals surface area contributed by atoms with Crippen molar-refractivity contribution in [1.29, 1.82) is 0 Å². The second-order valence-corrected chi connectivity index (χ2v) is 8.42. The maximum atomic E-state index is 3.79. The van der Waals surface area contributed by atoms with Crippen LogP contribution in [0, 0.1) is 17.3 Å². The molecular formula is C19H38N2. The fourth-order valence-corrected chi connectivity index (χ4v) is 4.52. The van der Waals surface area contributed by atoms with Gasteiger partial charge in [0.15, 0.2) is 0 Å². The number of rotatable bonds is 6. The van der Waals surface area contributed by atoms with Gasteiger partial charge in [-0.25, -0.2) is 0 Å². The van der Waals surface area contributed by atoms with Crippen LogP contribution in [0.2, 0.25) is 0 Å². The monoisotopic (exact) mass is 294 g/mol. The largest absolute Gasteiger partial charge is 0.316 e. The molecule has 2 aliphatic rings. The molecule has 1 saturated carbocycles. The van der Waals surface area contributed by atoms with Gasteiger partial charge in [-0.1, -0.05) is 46.5 Å². The van der Waals surface area contributed by atoms with E-state index in [1.54, 1.807) is 0 Å². The first-order chi connectivity index (χ1) is 10.1. The highest BCUT2D eigenvalue weighted by molar-refractivity contribution is 4.90. The van der Waals surface area contributed by atoms with E-state index in [1.807, 2.05) is 0 Å². The molecule has 1 N–H and O–H groups in total. The van der Waals surface area contributed by atoms with Crippen molar-refractivity contribution >= 4 is 0 Å². The van der Waals surface area contributed by atoms with E-state index < -0.39 is 0 Å². The third-order valence-corrected chi connectivity index (χ3v) is 5.50. The molecule has 0 radical (unpaired) electrons. The molecule has 2 heteroatoms. The van der Waals surface area contributed by atoms with Gasteiger partial charge in [-0.15, -0.1) is 0 Å². The van der Waals surface area contributed by atoms with Crippen LogP contribution in [-0.2, 0) is 0 Å². The van der Waals surface area contributed by atoms with Gasteiger partial charge in [0.1, 0.15) is 0 Å². The Hall–Kier alpha value is -0.0800. The molecule has 2 rings (SSSR count). The molecule has 2 unspecified atom stereocenters. The number of nitrogens with one attached hydrogen (secondary N) is 1. The smallest absolute Gasteiger partial charge is 0.00502 e. The lowest BCUT2D eigenvalue weighted by Crippen LogP contribution is -2.47. The van der Waals surface area contributed by atoms with Gasteiger partial charge in [0.2, 0.25) is 0 Å². The van der Waals surface area contributed by atoms with Crippen molar-refractivity contribution in [2.75, 3.05) is 32.7 Å². The zero-order chi connectivity index (χ0) is 15.1. The fraction of sp³-hybridized carbons (Fsp3) is 1.00. The standard InChI is InChI=1S/C19H38N2/c1-17(2)14-20-15-19(10-8-9-18(3)13-19)16-21-11-6-4-5-7-12-21/h17-18,20H,4-16H2,1-3H3. The molecule has 1 aliphatic heterocycles. The summed E-state index contributed by atoms with van der Waals surface area (Å²) in [6.45, 7) is 13.6. The summed E-state index contributed by atoms with van der Waals surface area (Å²) in [5, 5.41) is 3.79. The summed E-state index contributed by atoms with van der Waals surface area (Å²) in [5.74, 6) is 1.69. The van der Waals surface area contributed by atoms with Crippen molar-refractivity contribution in [2.45, 2.75) is 72.1 Å². The normalized spacial score (nSPS) is 32.3. The van der Waals surface area contributed by atoms with Crippen LogP contribution in [-0.4, -0.2) is 37.6 Å². The first-order valence-electron chi connectivity index (χ1n) is 9.53. The van der Waals surface area contributed by atoms with Crippen LogP contribution < -0.4 is 5.32 Å². The third-order valence-electron chi connectivity index (χ3n) is 5.50. The molecule has 21 heavy (non-hydrogen) atoms. The molecule has 2 atom stereocenters. The Labute approximate surface area is 133 Å². The van der Waals surface area contributed by atoms with E-state index >= 15 is 0 Å². The summed E-state index contributed by atoms with van der Waals surface area (Å²) in [7, 11) is 0. The fourth-order valence-electron chi connectivity index (χ4n) is 4.52. The highest BCUT2D eigenvalue weighted by Gasteiger charge is 2.36. The quantitative estimate of drug-likeness (QED) is 0.785. The molecule has 0 amide bonds. The van der Waals surface area contributed by atoms with Crippen molar-refractivity contribution in [3.05, 3.63) is 0 Å². The summed E-state index contributed by atoms with van der Waals surface area (Å²) in [5.41, 5.74) is 0.552. The third kappa shape index (κ3) is 5.90. The van der Waals surface area contributed by atoms with Gasteiger partial charge in [0, 0.05) is 13.1 Å². The van der Waals surface area contributed by atoms with Crippen molar-refractivity contribution in [1.82, 2.24) is 10.2 Å². The molecule has 0 bridgehead atoms. The SMILES string of the molecule is CC(C)CNCC1(CN2CCCCCC2)CCCC(C)C1. The van der Waals surface area contributed by atoms with E-state index in [2.05, 4.69) is 31.0 Å². The van der Waals surface area contributed by atoms with Crippen molar-refractivity contribution in [3.63, 3.8) is 0 Å². The summed E-state index contributed by atoms with van der Waals surface area (Å²) in [6.07, 6.45) is 11.5. The Morgan fingerprint density at radius 3 is 2.43 bits per heavy atom. The lowest BCUT2D eigenvalue weighted by Gasteiger charge is -2.43. The van der Waals surface area contributed by atoms with E-state index in [9.17, 15) is 0 Å². The minimum atomic E-state index is 0.552. The van der Waals surface area contributed by atoms with E-state index in [4.69, 9.17) is 0 Å². The molecular weight excluding hydrogens is 256 g/mol. The average Bonchev–Trinajstić information content (AvgIpc) is 2.66. The summed E-state index contributed by atoms with van der Waals surface area (Å²) < 4.78 is 0. The molecule has 0 spiro atoms. The van der Waals surface area contributed by atoms with Crippen LogP contribution in [0.15, 0.2) is 0 Å². The molecule has 1 heterocycles. The van der Waals surface area contributed by atoms with Gasteiger partial charge in [-0.3, -0.25) is 0 Å². The maximum absolute atomic E-state index is 3.79. The van der Waals surface area contributed by atoms with E-state index in [0.717, 1.165) is 11.8 Å². The predicted molar refractivity (Wildman–Crippen MR) is 92.7 cm³/mol. The number of hydrogen-bond acceptors (Lipinski definition) is 2. The second-order valence-electron chi connectivity index (χ2n) is 8.42. The lowest BCUT2D eigenvalue weighted by atomic mass is 9.69. The molecule has 124 valence electrons. The van der Waals surface area contributed by atoms with Crippen LogP contribution in [0.25, 0.3) is 0 Å². The predicted octanol–water partition coefficient (Wildman–Crippen LogP) is 4.30. The minimum Gasteiger partial charge on any atom is -0.316 e. The average molecular weight is 295 g/mol. The highest BCUT2D eigenvalue weighted by atomic mass is 15.1. The maximum Gasteiger partial charge on any atom is 0.00502 e. The van der Waals surface area contributed by atoms with Gasteiger partial charge in [0.05, 0.1) is 0 Å². The number of likely N-dealkylation sites (tertiary alicyclic amines) is 1. The van der Waals surface area contributed by atoms with Crippen LogP contribution in [0.5, 0.6) is 0 Å². The molecule has 0 aromatic carbocycles. The van der Waals surface area contributed by atoms with Gasteiger partial charge < -0.3 is 10.2 Å². The van der Waals surface area contributed by atoms with Crippen molar-refractivity contribution in [3.8, 4) is 0 Å². The number of nitrogens with zero attached hydrogens (tertiary/aromatic N) is 1. The summed E-state index contributed by atoms with van der Waals surface area (Å²) >= 11 is 0. The van der Waals surface area contributed by atoms with Gasteiger partial charge in [0.25, 0.3) is 0 Å². The topological polar surface area (TPSA) is 15.3 Å². The van der Waals surface area contributed by atoms with Crippen LogP contribution in [0.3, 0.4) is 0 Å². The lowest BCUT2D eigenvalue weighted by molar-refractivity contribution is 0.0808. The molecule has 2 fully saturated rings. The van der Waals surface area contributed by atoms with Gasteiger partial charge in [-0.05, 0) is 62.6 Å². The van der Waals surface area contributed by atoms with Gasteiger partial charge in [-0.2, -0.15) is 0 Å². The van der Waals surface area contributed by atoms with E-state index in [0.29, 0.717) is 5.41 Å². The Bertz CT molecular complexity index is 281. The Balaban J connectivity index is 1.93. The Kier molecular flexibility index (Phi) is 7.01. The second kappa shape index (κ2) is 8.53. The minimum absolute atomic E-state index is 0.552. The van der Waals surface area contributed by atoms with Crippen molar-refractivity contribution < 1.29 is 0 Å². The first-order valence-corrected chi connectivity index (χ1v) is 9.53. The zero-order valence-corrected chi connectivity index (χ0v) is 14.8. The van der Waals surface area contributed by atoms with Crippen molar-refractivity contribution in [2.24, 2.45) is 17.3 Å². The summed E-state index contributed by atoms with van der Waals surface area (Å²) in [4.78, 5) is 2.79. The molecule has 1 aliphatic carbocycles. The van der Waals surface area contributed by atoms with E-state index in [-0.39, 0.29) is 0 Å². The van der Waals surface area contributed by atoms with Crippen LogP contribution in [0.4, 0.5) is 0 Å². The molecule has 0 aromatic rings. The Morgan fingerprint density at radius 1 is 1.10 bits per heavy atom. The van der Waals surface area contributed by atoms with E-state index in [1.165, 1.54) is 84.1 Å². The molecule has 1 saturated heterocycles. The first kappa shape index (κ1) is 17.3. The van der Waals surface area contributed by atoms with Crippen LogP contribution >= 0.6 is 0 Å². The van der Waals surface area contributed by atoms with Crippen LogP contribution in [0.1, 0.15) is 72.1 Å².